The van der Waals surface area contributed by atoms with Gasteiger partial charge < -0.3 is 20.5 Å². The van der Waals surface area contributed by atoms with Crippen LogP contribution in [-0.4, -0.2) is 32.3 Å². The molecule has 5 nitrogen and oxygen atoms in total. The molecule has 18 heavy (non-hydrogen) atoms. The first-order valence-electron chi connectivity index (χ1n) is 6.04. The monoisotopic (exact) mass is 248 g/mol. The molecule has 0 aliphatic carbocycles. The van der Waals surface area contributed by atoms with Crippen LogP contribution in [0.1, 0.15) is 5.56 Å². The Morgan fingerprint density at radius 3 is 2.89 bits per heavy atom. The number of nitrogens with two attached hydrogens (primary N) is 1. The number of fused-ring (bicyclic) bond motifs is 1. The van der Waals surface area contributed by atoms with Gasteiger partial charge in [-0.25, -0.2) is 0 Å². The van der Waals surface area contributed by atoms with Crippen LogP contribution in [0.15, 0.2) is 18.2 Å². The van der Waals surface area contributed by atoms with Gasteiger partial charge in [-0.15, -0.1) is 0 Å². The van der Waals surface area contributed by atoms with E-state index in [1.54, 1.807) is 0 Å². The highest BCUT2D eigenvalue weighted by Crippen LogP contribution is 2.34. The van der Waals surface area contributed by atoms with E-state index in [0.29, 0.717) is 19.8 Å². The van der Waals surface area contributed by atoms with E-state index in [1.807, 2.05) is 18.2 Å². The third-order valence-electron chi connectivity index (χ3n) is 3.51. The fourth-order valence-electron chi connectivity index (χ4n) is 2.36. The summed E-state index contributed by atoms with van der Waals surface area (Å²) in [5.74, 6) is 0.616. The molecule has 1 aromatic carbocycles. The lowest BCUT2D eigenvalue weighted by Crippen LogP contribution is -2.49. The molecular formula is C13H16N2O3. The maximum absolute atomic E-state index is 11.3. The second-order valence-electron chi connectivity index (χ2n) is 5.04. The lowest BCUT2D eigenvalue weighted by atomic mass is 9.80. The van der Waals surface area contributed by atoms with Gasteiger partial charge in [0.15, 0.2) is 6.61 Å². The Kier molecular flexibility index (Phi) is 2.72. The van der Waals surface area contributed by atoms with E-state index in [9.17, 15) is 4.79 Å². The van der Waals surface area contributed by atoms with Crippen LogP contribution in [0, 0.1) is 5.41 Å². The summed E-state index contributed by atoms with van der Waals surface area (Å²) < 4.78 is 10.6. The van der Waals surface area contributed by atoms with E-state index in [-0.39, 0.29) is 17.9 Å². The van der Waals surface area contributed by atoms with Gasteiger partial charge in [0.2, 0.25) is 0 Å². The number of carbonyl (C=O) groups excluding carboxylic acids is 1. The lowest BCUT2D eigenvalue weighted by molar-refractivity contribution is -0.118. The van der Waals surface area contributed by atoms with Gasteiger partial charge >= 0.3 is 0 Å². The third-order valence-corrected chi connectivity index (χ3v) is 3.51. The molecule has 96 valence electrons. The van der Waals surface area contributed by atoms with Crippen molar-refractivity contribution in [2.45, 2.75) is 6.42 Å². The minimum absolute atomic E-state index is 0.0633. The normalized spacial score (nSPS) is 20.4. The Bertz CT molecular complexity index is 478. The molecule has 1 fully saturated rings. The predicted octanol–water partition coefficient (Wildman–Crippen LogP) is 0.535. The molecule has 0 bridgehead atoms. The zero-order valence-electron chi connectivity index (χ0n) is 10.1. The summed E-state index contributed by atoms with van der Waals surface area (Å²) in [6.07, 6.45) is 0.868. The standard InChI is InChI=1S/C13H16N2O3/c14-6-13(7-17-8-13)4-9-1-2-11-10(3-9)15-12(16)5-18-11/h1-3H,4-8,14H2,(H,15,16). The summed E-state index contributed by atoms with van der Waals surface area (Å²) in [6, 6.07) is 5.88. The average Bonchev–Trinajstić information content (AvgIpc) is 2.33. The van der Waals surface area contributed by atoms with Crippen molar-refractivity contribution in [3.63, 3.8) is 0 Å². The SMILES string of the molecule is NCC1(Cc2ccc3c(c2)NC(=O)CO3)COC1. The van der Waals surface area contributed by atoms with Crippen LogP contribution >= 0.6 is 0 Å². The van der Waals surface area contributed by atoms with Crippen LogP contribution in [-0.2, 0) is 16.0 Å². The number of ether oxygens (including phenoxy) is 2. The van der Waals surface area contributed by atoms with Crippen molar-refractivity contribution in [3.8, 4) is 5.75 Å². The second-order valence-corrected chi connectivity index (χ2v) is 5.04. The highest BCUT2D eigenvalue weighted by atomic mass is 16.5. The first kappa shape index (κ1) is 11.5. The van der Waals surface area contributed by atoms with Crippen molar-refractivity contribution in [1.82, 2.24) is 0 Å². The van der Waals surface area contributed by atoms with Crippen LogP contribution < -0.4 is 15.8 Å². The van der Waals surface area contributed by atoms with Crippen LogP contribution in [0.2, 0.25) is 0 Å². The molecule has 0 aromatic heterocycles. The predicted molar refractivity (Wildman–Crippen MR) is 66.6 cm³/mol. The van der Waals surface area contributed by atoms with Gasteiger partial charge in [-0.1, -0.05) is 6.07 Å². The molecule has 0 saturated carbocycles. The Hall–Kier alpha value is -1.59. The molecule has 2 aliphatic heterocycles. The van der Waals surface area contributed by atoms with Crippen LogP contribution in [0.4, 0.5) is 5.69 Å². The first-order valence-corrected chi connectivity index (χ1v) is 6.04. The van der Waals surface area contributed by atoms with E-state index < -0.39 is 0 Å². The van der Waals surface area contributed by atoms with E-state index in [0.717, 1.165) is 23.4 Å². The summed E-state index contributed by atoms with van der Waals surface area (Å²) in [5.41, 5.74) is 7.76. The maximum atomic E-state index is 11.3. The van der Waals surface area contributed by atoms with Crippen molar-refractivity contribution in [2.75, 3.05) is 31.7 Å². The van der Waals surface area contributed by atoms with Crippen molar-refractivity contribution >= 4 is 11.6 Å². The summed E-state index contributed by atoms with van der Waals surface area (Å²) >= 11 is 0. The Morgan fingerprint density at radius 1 is 1.39 bits per heavy atom. The lowest BCUT2D eigenvalue weighted by Gasteiger charge is -2.40. The molecule has 0 unspecified atom stereocenters. The van der Waals surface area contributed by atoms with Crippen LogP contribution in [0.5, 0.6) is 5.75 Å². The van der Waals surface area contributed by atoms with Gasteiger partial charge in [0.05, 0.1) is 18.9 Å². The number of nitrogens with one attached hydrogen (secondary N) is 1. The number of hydrogen-bond acceptors (Lipinski definition) is 4. The summed E-state index contributed by atoms with van der Waals surface area (Å²) in [5, 5.41) is 2.81. The fourth-order valence-corrected chi connectivity index (χ4v) is 2.36. The average molecular weight is 248 g/mol. The van der Waals surface area contributed by atoms with Gasteiger partial charge in [-0.2, -0.15) is 0 Å². The second kappa shape index (κ2) is 4.26. The molecule has 3 N–H and O–H groups in total. The topological polar surface area (TPSA) is 73.6 Å². The molecule has 0 atom stereocenters. The molecule has 1 aromatic rings. The zero-order chi connectivity index (χ0) is 12.6. The Balaban J connectivity index is 1.81. The van der Waals surface area contributed by atoms with E-state index in [4.69, 9.17) is 15.2 Å². The number of amides is 1. The smallest absolute Gasteiger partial charge is 0.262 e. The minimum atomic E-state index is -0.111. The summed E-state index contributed by atoms with van der Waals surface area (Å²) in [4.78, 5) is 11.3. The molecule has 1 amide bonds. The van der Waals surface area contributed by atoms with Gasteiger partial charge in [0, 0.05) is 12.0 Å². The maximum Gasteiger partial charge on any atom is 0.262 e. The van der Waals surface area contributed by atoms with E-state index in [2.05, 4.69) is 5.32 Å². The van der Waals surface area contributed by atoms with Crippen molar-refractivity contribution in [3.05, 3.63) is 23.8 Å². The molecule has 5 heteroatoms. The fraction of sp³-hybridized carbons (Fsp3) is 0.462. The highest BCUT2D eigenvalue weighted by Gasteiger charge is 2.37. The van der Waals surface area contributed by atoms with Gasteiger partial charge in [-0.05, 0) is 24.1 Å². The van der Waals surface area contributed by atoms with Gasteiger partial charge in [0.25, 0.3) is 5.91 Å². The van der Waals surface area contributed by atoms with Gasteiger partial charge in [0.1, 0.15) is 5.75 Å². The van der Waals surface area contributed by atoms with Crippen molar-refractivity contribution in [1.29, 1.82) is 0 Å². The quantitative estimate of drug-likeness (QED) is 0.818. The van der Waals surface area contributed by atoms with Crippen molar-refractivity contribution in [2.24, 2.45) is 11.1 Å². The van der Waals surface area contributed by atoms with Crippen LogP contribution in [0.3, 0.4) is 0 Å². The number of benzene rings is 1. The summed E-state index contributed by atoms with van der Waals surface area (Å²) in [7, 11) is 0. The molecule has 2 heterocycles. The van der Waals surface area contributed by atoms with E-state index in [1.165, 1.54) is 0 Å². The molecular weight excluding hydrogens is 232 g/mol. The zero-order valence-corrected chi connectivity index (χ0v) is 10.1. The molecule has 3 rings (SSSR count). The molecule has 1 saturated heterocycles. The Morgan fingerprint density at radius 2 is 2.22 bits per heavy atom. The molecule has 0 radical (unpaired) electrons. The third kappa shape index (κ3) is 1.95. The number of rotatable bonds is 3. The Labute approximate surface area is 105 Å². The van der Waals surface area contributed by atoms with Gasteiger partial charge in [-0.3, -0.25) is 4.79 Å². The molecule has 0 spiro atoms. The summed E-state index contributed by atoms with van der Waals surface area (Å²) in [6.45, 7) is 2.13. The number of carbonyl (C=O) groups is 1. The first-order chi connectivity index (χ1) is 8.71. The molecule has 2 aliphatic rings. The minimum Gasteiger partial charge on any atom is -0.482 e. The largest absolute Gasteiger partial charge is 0.482 e. The number of hydrogen-bond donors (Lipinski definition) is 2. The number of anilines is 1. The van der Waals surface area contributed by atoms with Crippen LogP contribution in [0.25, 0.3) is 0 Å². The van der Waals surface area contributed by atoms with Crippen molar-refractivity contribution < 1.29 is 14.3 Å². The highest BCUT2D eigenvalue weighted by molar-refractivity contribution is 5.95. The van der Waals surface area contributed by atoms with E-state index >= 15 is 0 Å².